The third-order valence-electron chi connectivity index (χ3n) is 3.90. The number of nitrogens with zero attached hydrogens (tertiary/aromatic N) is 1. The van der Waals surface area contributed by atoms with Crippen LogP contribution >= 0.6 is 0 Å². The Bertz CT molecular complexity index is 569. The summed E-state index contributed by atoms with van der Waals surface area (Å²) in [5.41, 5.74) is 1.86. The largest absolute Gasteiger partial charge is 0.361 e. The van der Waals surface area contributed by atoms with Gasteiger partial charge < -0.3 is 9.88 Å². The second kappa shape index (κ2) is 4.48. The predicted octanol–water partition coefficient (Wildman–Crippen LogP) is 3.04. The number of carbonyl (C=O) groups excluding carboxylic acids is 1. The molecule has 3 nitrogen and oxygen atoms in total. The number of aromatic nitrogens is 1. The van der Waals surface area contributed by atoms with Gasteiger partial charge >= 0.3 is 0 Å². The minimum atomic E-state index is 0.130. The highest BCUT2D eigenvalue weighted by Crippen LogP contribution is 2.27. The molecule has 0 radical (unpaired) electrons. The lowest BCUT2D eigenvalue weighted by molar-refractivity contribution is 0.0745. The first-order valence-electron chi connectivity index (χ1n) is 6.56. The van der Waals surface area contributed by atoms with Crippen molar-refractivity contribution >= 4 is 16.8 Å². The van der Waals surface area contributed by atoms with E-state index in [1.165, 1.54) is 19.3 Å². The summed E-state index contributed by atoms with van der Waals surface area (Å²) in [7, 11) is 1.90. The lowest BCUT2D eigenvalue weighted by Gasteiger charge is -2.30. The van der Waals surface area contributed by atoms with Crippen molar-refractivity contribution in [3.8, 4) is 0 Å². The summed E-state index contributed by atoms with van der Waals surface area (Å²) in [6, 6.07) is 7.83. The third kappa shape index (κ3) is 2.01. The van der Waals surface area contributed by atoms with Crippen LogP contribution in [0.15, 0.2) is 30.5 Å². The van der Waals surface area contributed by atoms with Crippen molar-refractivity contribution in [1.82, 2.24) is 9.88 Å². The molecule has 18 heavy (non-hydrogen) atoms. The van der Waals surface area contributed by atoms with E-state index in [-0.39, 0.29) is 5.91 Å². The van der Waals surface area contributed by atoms with E-state index in [1.807, 2.05) is 42.4 Å². The molecule has 3 heteroatoms. The normalized spacial score (nSPS) is 15.6. The van der Waals surface area contributed by atoms with Crippen LogP contribution in [0.5, 0.6) is 0 Å². The van der Waals surface area contributed by atoms with Gasteiger partial charge in [-0.1, -0.05) is 6.42 Å². The molecule has 94 valence electrons. The first-order valence-corrected chi connectivity index (χ1v) is 6.56. The first-order chi connectivity index (χ1) is 8.74. The van der Waals surface area contributed by atoms with E-state index >= 15 is 0 Å². The van der Waals surface area contributed by atoms with E-state index in [0.717, 1.165) is 28.9 Å². The van der Waals surface area contributed by atoms with Crippen molar-refractivity contribution in [3.63, 3.8) is 0 Å². The standard InChI is InChI=1S/C15H18N2O/c1-17(10-11-3-2-4-11)15(18)13-5-6-14-12(9-13)7-8-16-14/h5-9,11,16H,2-4,10H2,1H3. The minimum absolute atomic E-state index is 0.130. The molecule has 1 amide bonds. The van der Waals surface area contributed by atoms with Gasteiger partial charge in [0, 0.05) is 36.3 Å². The number of aromatic amines is 1. The average Bonchev–Trinajstić information content (AvgIpc) is 2.79. The van der Waals surface area contributed by atoms with Crippen LogP contribution in [0.25, 0.3) is 10.9 Å². The van der Waals surface area contributed by atoms with Gasteiger partial charge in [0.1, 0.15) is 0 Å². The smallest absolute Gasteiger partial charge is 0.253 e. The van der Waals surface area contributed by atoms with E-state index in [4.69, 9.17) is 0 Å². The Labute approximate surface area is 107 Å². The van der Waals surface area contributed by atoms with Crippen molar-refractivity contribution in [2.24, 2.45) is 5.92 Å². The summed E-state index contributed by atoms with van der Waals surface area (Å²) in [5, 5.41) is 1.10. The maximum absolute atomic E-state index is 12.3. The fraction of sp³-hybridized carbons (Fsp3) is 0.400. The van der Waals surface area contributed by atoms with Crippen molar-refractivity contribution < 1.29 is 4.79 Å². The molecule has 0 bridgehead atoms. The summed E-state index contributed by atoms with van der Waals surface area (Å²) in [6.45, 7) is 0.893. The first kappa shape index (κ1) is 11.3. The molecule has 0 atom stereocenters. The number of amides is 1. The van der Waals surface area contributed by atoms with E-state index in [0.29, 0.717) is 0 Å². The highest BCUT2D eigenvalue weighted by Gasteiger charge is 2.22. The molecule has 1 aliphatic rings. The zero-order valence-corrected chi connectivity index (χ0v) is 10.6. The van der Waals surface area contributed by atoms with Gasteiger partial charge in [-0.3, -0.25) is 4.79 Å². The van der Waals surface area contributed by atoms with Crippen molar-refractivity contribution in [1.29, 1.82) is 0 Å². The van der Waals surface area contributed by atoms with E-state index in [9.17, 15) is 4.79 Å². The van der Waals surface area contributed by atoms with Crippen LogP contribution in [0.4, 0.5) is 0 Å². The molecular weight excluding hydrogens is 224 g/mol. The molecule has 1 aliphatic carbocycles. The van der Waals surface area contributed by atoms with Crippen LogP contribution in [-0.4, -0.2) is 29.4 Å². The quantitative estimate of drug-likeness (QED) is 0.882. The Kier molecular flexibility index (Phi) is 2.82. The van der Waals surface area contributed by atoms with E-state index < -0.39 is 0 Å². The molecule has 1 heterocycles. The Hall–Kier alpha value is -1.77. The molecule has 2 aromatic rings. The molecule has 0 aliphatic heterocycles. The summed E-state index contributed by atoms with van der Waals surface area (Å²) in [5.74, 6) is 0.847. The summed E-state index contributed by atoms with van der Waals surface area (Å²) in [4.78, 5) is 17.3. The summed E-state index contributed by atoms with van der Waals surface area (Å²) < 4.78 is 0. The number of rotatable bonds is 3. The molecule has 1 aromatic heterocycles. The van der Waals surface area contributed by atoms with Crippen molar-refractivity contribution in [2.75, 3.05) is 13.6 Å². The maximum atomic E-state index is 12.3. The number of carbonyl (C=O) groups is 1. The molecule has 0 spiro atoms. The summed E-state index contributed by atoms with van der Waals surface area (Å²) in [6.07, 6.45) is 5.77. The Morgan fingerprint density at radius 1 is 1.39 bits per heavy atom. The van der Waals surface area contributed by atoms with Gasteiger partial charge in [-0.25, -0.2) is 0 Å². The topological polar surface area (TPSA) is 36.1 Å². The van der Waals surface area contributed by atoms with Crippen LogP contribution in [0, 0.1) is 5.92 Å². The van der Waals surface area contributed by atoms with Crippen molar-refractivity contribution in [2.45, 2.75) is 19.3 Å². The van der Waals surface area contributed by atoms with E-state index in [1.54, 1.807) is 0 Å². The van der Waals surface area contributed by atoms with Crippen LogP contribution < -0.4 is 0 Å². The van der Waals surface area contributed by atoms with Crippen LogP contribution in [-0.2, 0) is 0 Å². The highest BCUT2D eigenvalue weighted by molar-refractivity contribution is 5.97. The SMILES string of the molecule is CN(CC1CCC1)C(=O)c1ccc2[nH]ccc2c1. The second-order valence-corrected chi connectivity index (χ2v) is 5.26. The molecule has 0 saturated heterocycles. The molecule has 3 rings (SSSR count). The van der Waals surface area contributed by atoms with Gasteiger partial charge in [-0.15, -0.1) is 0 Å². The fourth-order valence-corrected chi connectivity index (χ4v) is 2.55. The maximum Gasteiger partial charge on any atom is 0.253 e. The van der Waals surface area contributed by atoms with Crippen LogP contribution in [0.3, 0.4) is 0 Å². The zero-order chi connectivity index (χ0) is 12.5. The lowest BCUT2D eigenvalue weighted by Crippen LogP contribution is -2.34. The van der Waals surface area contributed by atoms with Gasteiger partial charge in [0.25, 0.3) is 5.91 Å². The second-order valence-electron chi connectivity index (χ2n) is 5.26. The van der Waals surface area contributed by atoms with Gasteiger partial charge in [0.15, 0.2) is 0 Å². The molecule has 1 fully saturated rings. The molecule has 1 saturated carbocycles. The molecule has 1 N–H and O–H groups in total. The lowest BCUT2D eigenvalue weighted by atomic mass is 9.85. The Balaban J connectivity index is 1.77. The van der Waals surface area contributed by atoms with Crippen molar-refractivity contribution in [3.05, 3.63) is 36.0 Å². The minimum Gasteiger partial charge on any atom is -0.361 e. The third-order valence-corrected chi connectivity index (χ3v) is 3.90. The number of benzene rings is 1. The number of H-pyrrole nitrogens is 1. The van der Waals surface area contributed by atoms with Gasteiger partial charge in [-0.05, 0) is 43.0 Å². The Morgan fingerprint density at radius 3 is 2.94 bits per heavy atom. The molecular formula is C15H18N2O. The number of nitrogens with one attached hydrogen (secondary N) is 1. The Morgan fingerprint density at radius 2 is 2.22 bits per heavy atom. The summed E-state index contributed by atoms with van der Waals surface area (Å²) >= 11 is 0. The zero-order valence-electron chi connectivity index (χ0n) is 10.6. The number of hydrogen-bond donors (Lipinski definition) is 1. The van der Waals surface area contributed by atoms with Crippen LogP contribution in [0.1, 0.15) is 29.6 Å². The monoisotopic (exact) mass is 242 g/mol. The van der Waals surface area contributed by atoms with Crippen LogP contribution in [0.2, 0.25) is 0 Å². The highest BCUT2D eigenvalue weighted by atomic mass is 16.2. The van der Waals surface area contributed by atoms with E-state index in [2.05, 4.69) is 4.98 Å². The molecule has 0 unspecified atom stereocenters. The number of fused-ring (bicyclic) bond motifs is 1. The fourth-order valence-electron chi connectivity index (χ4n) is 2.55. The number of hydrogen-bond acceptors (Lipinski definition) is 1. The predicted molar refractivity (Wildman–Crippen MR) is 72.6 cm³/mol. The van der Waals surface area contributed by atoms with Gasteiger partial charge in [0.05, 0.1) is 0 Å². The van der Waals surface area contributed by atoms with Gasteiger partial charge in [-0.2, -0.15) is 0 Å². The average molecular weight is 242 g/mol. The van der Waals surface area contributed by atoms with Gasteiger partial charge in [0.2, 0.25) is 0 Å². The molecule has 1 aromatic carbocycles.